The Balaban J connectivity index is 0.000000605. The van der Waals surface area contributed by atoms with Crippen LogP contribution in [-0.2, 0) is 0 Å². The predicted octanol–water partition coefficient (Wildman–Crippen LogP) is 3.57. The van der Waals surface area contributed by atoms with E-state index in [1.807, 2.05) is 12.3 Å². The van der Waals surface area contributed by atoms with Crippen molar-refractivity contribution in [1.82, 2.24) is 4.98 Å². The molecule has 0 aliphatic heterocycles. The van der Waals surface area contributed by atoms with E-state index in [0.29, 0.717) is 0 Å². The van der Waals surface area contributed by atoms with Crippen molar-refractivity contribution in [2.24, 2.45) is 0 Å². The molecule has 0 unspecified atom stereocenters. The molecule has 0 amide bonds. The van der Waals surface area contributed by atoms with Crippen molar-refractivity contribution in [2.75, 3.05) is 0 Å². The highest BCUT2D eigenvalue weighted by molar-refractivity contribution is 9.10. The zero-order chi connectivity index (χ0) is 6.97. The standard InChI is InChI=1S/C8H6BrN.CH4/c9-7-2-1-6-3-4-10-8(6)5-7;/h1-5,10H;1H4. The monoisotopic (exact) mass is 211 g/mol. The SMILES string of the molecule is Brc1ccc2cc[nH]c2c1.C. The van der Waals surface area contributed by atoms with Gasteiger partial charge in [0, 0.05) is 16.2 Å². The van der Waals surface area contributed by atoms with Gasteiger partial charge >= 0.3 is 0 Å². The number of H-pyrrole nitrogens is 1. The Kier molecular flexibility index (Phi) is 2.35. The normalized spacial score (nSPS) is 9.55. The minimum absolute atomic E-state index is 0. The lowest BCUT2D eigenvalue weighted by Crippen LogP contribution is -1.66. The van der Waals surface area contributed by atoms with Gasteiger partial charge in [0.2, 0.25) is 0 Å². The van der Waals surface area contributed by atoms with E-state index in [-0.39, 0.29) is 7.43 Å². The first-order valence-corrected chi connectivity index (χ1v) is 3.88. The van der Waals surface area contributed by atoms with E-state index in [0.717, 1.165) is 4.47 Å². The van der Waals surface area contributed by atoms with Crippen molar-refractivity contribution in [1.29, 1.82) is 0 Å². The molecule has 1 nitrogen and oxygen atoms in total. The van der Waals surface area contributed by atoms with Crippen LogP contribution in [0.4, 0.5) is 0 Å². The zero-order valence-electron chi connectivity index (χ0n) is 5.26. The van der Waals surface area contributed by atoms with Gasteiger partial charge < -0.3 is 4.98 Å². The second-order valence-electron chi connectivity index (χ2n) is 2.21. The second-order valence-corrected chi connectivity index (χ2v) is 3.12. The summed E-state index contributed by atoms with van der Waals surface area (Å²) in [6.45, 7) is 0. The molecule has 0 saturated heterocycles. The minimum atomic E-state index is 0. The Morgan fingerprint density at radius 1 is 1.18 bits per heavy atom. The fourth-order valence-corrected chi connectivity index (χ4v) is 1.38. The number of hydrogen-bond donors (Lipinski definition) is 1. The van der Waals surface area contributed by atoms with Crippen molar-refractivity contribution in [3.63, 3.8) is 0 Å². The van der Waals surface area contributed by atoms with Gasteiger partial charge in [-0.1, -0.05) is 29.4 Å². The number of halogens is 1. The molecule has 0 aliphatic rings. The molecule has 11 heavy (non-hydrogen) atoms. The lowest BCUT2D eigenvalue weighted by molar-refractivity contribution is 1.47. The molecule has 0 radical (unpaired) electrons. The lowest BCUT2D eigenvalue weighted by Gasteiger charge is -1.89. The Bertz CT molecular complexity index is 351. The first-order valence-electron chi connectivity index (χ1n) is 3.09. The van der Waals surface area contributed by atoms with E-state index in [2.05, 4.69) is 39.1 Å². The Labute approximate surface area is 74.6 Å². The third kappa shape index (κ3) is 1.46. The van der Waals surface area contributed by atoms with Crippen LogP contribution in [0.2, 0.25) is 0 Å². The van der Waals surface area contributed by atoms with Crippen molar-refractivity contribution in [2.45, 2.75) is 7.43 Å². The molecular formula is C9H10BrN. The molecule has 1 N–H and O–H groups in total. The van der Waals surface area contributed by atoms with Crippen LogP contribution in [-0.4, -0.2) is 4.98 Å². The summed E-state index contributed by atoms with van der Waals surface area (Å²) in [4.78, 5) is 3.13. The summed E-state index contributed by atoms with van der Waals surface area (Å²) in [6.07, 6.45) is 1.94. The largest absolute Gasteiger partial charge is 0.361 e. The Morgan fingerprint density at radius 2 is 2.00 bits per heavy atom. The molecule has 2 rings (SSSR count). The lowest BCUT2D eigenvalue weighted by atomic mass is 10.3. The van der Waals surface area contributed by atoms with Crippen LogP contribution < -0.4 is 0 Å². The predicted molar refractivity (Wildman–Crippen MR) is 52.7 cm³/mol. The van der Waals surface area contributed by atoms with Gasteiger partial charge in [0.1, 0.15) is 0 Å². The highest BCUT2D eigenvalue weighted by Crippen LogP contribution is 2.17. The molecule has 0 fully saturated rings. The molecule has 0 bridgehead atoms. The summed E-state index contributed by atoms with van der Waals surface area (Å²) in [5.74, 6) is 0. The van der Waals surface area contributed by atoms with Gasteiger partial charge in [-0.25, -0.2) is 0 Å². The number of fused-ring (bicyclic) bond motifs is 1. The van der Waals surface area contributed by atoms with Crippen molar-refractivity contribution < 1.29 is 0 Å². The molecule has 2 heteroatoms. The Hall–Kier alpha value is -0.760. The van der Waals surface area contributed by atoms with E-state index in [9.17, 15) is 0 Å². The van der Waals surface area contributed by atoms with Crippen molar-refractivity contribution >= 4 is 26.8 Å². The summed E-state index contributed by atoms with van der Waals surface area (Å²) in [7, 11) is 0. The average Bonchev–Trinajstić information content (AvgIpc) is 2.33. The van der Waals surface area contributed by atoms with Gasteiger partial charge in [-0.2, -0.15) is 0 Å². The quantitative estimate of drug-likeness (QED) is 0.687. The van der Waals surface area contributed by atoms with E-state index >= 15 is 0 Å². The van der Waals surface area contributed by atoms with E-state index < -0.39 is 0 Å². The van der Waals surface area contributed by atoms with Crippen molar-refractivity contribution in [3.05, 3.63) is 34.9 Å². The maximum Gasteiger partial charge on any atom is 0.0465 e. The van der Waals surface area contributed by atoms with E-state index in [4.69, 9.17) is 0 Å². The maximum atomic E-state index is 3.40. The minimum Gasteiger partial charge on any atom is -0.361 e. The summed E-state index contributed by atoms with van der Waals surface area (Å²) >= 11 is 3.40. The molecule has 1 aromatic carbocycles. The Morgan fingerprint density at radius 3 is 2.82 bits per heavy atom. The number of hydrogen-bond acceptors (Lipinski definition) is 0. The highest BCUT2D eigenvalue weighted by Gasteiger charge is 1.92. The van der Waals surface area contributed by atoms with Gasteiger partial charge in [0.25, 0.3) is 0 Å². The first kappa shape index (κ1) is 8.34. The molecule has 0 saturated carbocycles. The first-order chi connectivity index (χ1) is 4.86. The molecular weight excluding hydrogens is 202 g/mol. The number of benzene rings is 1. The smallest absolute Gasteiger partial charge is 0.0465 e. The molecule has 1 aromatic heterocycles. The maximum absolute atomic E-state index is 3.40. The van der Waals surface area contributed by atoms with E-state index in [1.165, 1.54) is 10.9 Å². The number of aromatic amines is 1. The number of aromatic nitrogens is 1. The van der Waals surface area contributed by atoms with Gasteiger partial charge in [0.05, 0.1) is 0 Å². The van der Waals surface area contributed by atoms with Gasteiger partial charge in [0.15, 0.2) is 0 Å². The molecule has 0 spiro atoms. The molecule has 0 atom stereocenters. The summed E-state index contributed by atoms with van der Waals surface area (Å²) < 4.78 is 1.11. The summed E-state index contributed by atoms with van der Waals surface area (Å²) in [5, 5.41) is 1.25. The molecule has 2 aromatic rings. The average molecular weight is 212 g/mol. The zero-order valence-corrected chi connectivity index (χ0v) is 6.85. The van der Waals surface area contributed by atoms with Gasteiger partial charge in [-0.05, 0) is 23.6 Å². The van der Waals surface area contributed by atoms with Crippen LogP contribution in [0.25, 0.3) is 10.9 Å². The van der Waals surface area contributed by atoms with Crippen LogP contribution in [0, 0.1) is 0 Å². The van der Waals surface area contributed by atoms with Gasteiger partial charge in [-0.15, -0.1) is 0 Å². The highest BCUT2D eigenvalue weighted by atomic mass is 79.9. The molecule has 0 aliphatic carbocycles. The fraction of sp³-hybridized carbons (Fsp3) is 0.111. The van der Waals surface area contributed by atoms with Crippen molar-refractivity contribution in [3.8, 4) is 0 Å². The number of rotatable bonds is 0. The van der Waals surface area contributed by atoms with E-state index in [1.54, 1.807) is 0 Å². The second kappa shape index (κ2) is 3.09. The topological polar surface area (TPSA) is 15.8 Å². The van der Waals surface area contributed by atoms with Crippen LogP contribution in [0.15, 0.2) is 34.9 Å². The van der Waals surface area contributed by atoms with Crippen LogP contribution in [0.5, 0.6) is 0 Å². The van der Waals surface area contributed by atoms with Crippen LogP contribution in [0.1, 0.15) is 7.43 Å². The third-order valence-corrected chi connectivity index (χ3v) is 2.01. The number of nitrogens with one attached hydrogen (secondary N) is 1. The van der Waals surface area contributed by atoms with Crippen LogP contribution in [0.3, 0.4) is 0 Å². The van der Waals surface area contributed by atoms with Crippen LogP contribution >= 0.6 is 15.9 Å². The fourth-order valence-electron chi connectivity index (χ4n) is 1.02. The van der Waals surface area contributed by atoms with Gasteiger partial charge in [-0.3, -0.25) is 0 Å². The summed E-state index contributed by atoms with van der Waals surface area (Å²) in [6, 6.07) is 8.24. The third-order valence-electron chi connectivity index (χ3n) is 1.52. The summed E-state index contributed by atoms with van der Waals surface area (Å²) in [5.41, 5.74) is 1.18. The molecule has 58 valence electrons. The molecule has 1 heterocycles.